The van der Waals surface area contributed by atoms with Crippen molar-refractivity contribution in [1.29, 1.82) is 0 Å². The molecule has 2 unspecified atom stereocenters. The maximum absolute atomic E-state index is 13.9. The first-order valence-corrected chi connectivity index (χ1v) is 13.6. The van der Waals surface area contributed by atoms with E-state index in [2.05, 4.69) is 4.74 Å². The summed E-state index contributed by atoms with van der Waals surface area (Å²) >= 11 is 0. The quantitative estimate of drug-likeness (QED) is 0.334. The molecule has 0 fully saturated rings. The molecule has 1 aliphatic heterocycles. The van der Waals surface area contributed by atoms with Gasteiger partial charge in [0.05, 0.1) is 28.6 Å². The summed E-state index contributed by atoms with van der Waals surface area (Å²) < 4.78 is 131. The van der Waals surface area contributed by atoms with Crippen LogP contribution in [0.4, 0.5) is 46.9 Å². The molecule has 2 aromatic rings. The van der Waals surface area contributed by atoms with Crippen LogP contribution in [-0.2, 0) is 25.7 Å². The highest BCUT2D eigenvalue weighted by Crippen LogP contribution is 2.41. The Labute approximate surface area is 235 Å². The SMILES string of the molecule is CCC(CC1CN(S(=O)(=O)c2ccc(F)c(C(F)(F)F)c2)c2cc(NC(=O)OC(C)(C)C(F)(F)F)ccc2O1)C(=O)O. The minimum Gasteiger partial charge on any atom is -0.486 e. The third-order valence-corrected chi connectivity index (χ3v) is 8.16. The lowest BCUT2D eigenvalue weighted by Gasteiger charge is -2.36. The molecule has 2 aromatic carbocycles. The average Bonchev–Trinajstić information content (AvgIpc) is 2.85. The summed E-state index contributed by atoms with van der Waals surface area (Å²) in [4.78, 5) is 22.8. The Hall–Kier alpha value is -3.76. The van der Waals surface area contributed by atoms with Crippen LogP contribution in [0.2, 0.25) is 0 Å². The normalized spacial score (nSPS) is 16.7. The van der Waals surface area contributed by atoms with Crippen LogP contribution >= 0.6 is 0 Å². The van der Waals surface area contributed by atoms with Crippen LogP contribution < -0.4 is 14.4 Å². The van der Waals surface area contributed by atoms with Crippen LogP contribution in [0.15, 0.2) is 41.3 Å². The molecule has 2 atom stereocenters. The van der Waals surface area contributed by atoms with Gasteiger partial charge in [-0.25, -0.2) is 17.6 Å². The summed E-state index contributed by atoms with van der Waals surface area (Å²) in [5.41, 5.74) is -5.36. The van der Waals surface area contributed by atoms with E-state index in [1.807, 2.05) is 5.32 Å². The number of amides is 1. The van der Waals surface area contributed by atoms with Gasteiger partial charge in [-0.3, -0.25) is 14.4 Å². The predicted molar refractivity (Wildman–Crippen MR) is 133 cm³/mol. The van der Waals surface area contributed by atoms with Crippen LogP contribution in [0.25, 0.3) is 0 Å². The predicted octanol–water partition coefficient (Wildman–Crippen LogP) is 6.19. The van der Waals surface area contributed by atoms with E-state index in [-0.39, 0.29) is 36.0 Å². The number of anilines is 2. The van der Waals surface area contributed by atoms with E-state index in [4.69, 9.17) is 4.74 Å². The Kier molecular flexibility index (Phi) is 8.96. The summed E-state index contributed by atoms with van der Waals surface area (Å²) in [6.45, 7) is 2.16. The van der Waals surface area contributed by atoms with Crippen molar-refractivity contribution in [3.63, 3.8) is 0 Å². The summed E-state index contributed by atoms with van der Waals surface area (Å²) in [5.74, 6) is -4.09. The monoisotopic (exact) mass is 630 g/mol. The van der Waals surface area contributed by atoms with Crippen LogP contribution in [0.5, 0.6) is 5.75 Å². The topological polar surface area (TPSA) is 122 Å². The van der Waals surface area contributed by atoms with Crippen LogP contribution in [0.1, 0.15) is 39.2 Å². The molecule has 0 saturated carbocycles. The van der Waals surface area contributed by atoms with Gasteiger partial charge in [-0.15, -0.1) is 0 Å². The number of carbonyl (C=O) groups excluding carboxylic acids is 1. The zero-order valence-electron chi connectivity index (χ0n) is 22.1. The zero-order valence-corrected chi connectivity index (χ0v) is 23.0. The standard InChI is InChI=1S/C25H25F7N2O7S/c1-4-13(21(35)36)9-15-12-34(42(38,39)16-6-7-18(26)17(11-16)24(27,28)29)19-10-14(5-8-20(19)40-15)33-22(37)41-23(2,3)25(30,31)32/h5-8,10-11,13,15H,4,9,12H2,1-3H3,(H,33,37)(H,35,36). The molecule has 2 N–H and O–H groups in total. The highest BCUT2D eigenvalue weighted by molar-refractivity contribution is 7.92. The second-order valence-electron chi connectivity index (χ2n) is 9.80. The molecule has 1 amide bonds. The van der Waals surface area contributed by atoms with Crippen molar-refractivity contribution in [2.45, 2.75) is 62.6 Å². The molecule has 0 saturated heterocycles. The van der Waals surface area contributed by atoms with Crippen molar-refractivity contribution in [1.82, 2.24) is 0 Å². The fourth-order valence-corrected chi connectivity index (χ4v) is 5.47. The lowest BCUT2D eigenvalue weighted by molar-refractivity contribution is -0.242. The molecule has 0 aliphatic carbocycles. The van der Waals surface area contributed by atoms with Crippen LogP contribution in [0.3, 0.4) is 0 Å². The third-order valence-electron chi connectivity index (χ3n) is 6.39. The Bertz CT molecular complexity index is 1460. The molecule has 1 aliphatic rings. The smallest absolute Gasteiger partial charge is 0.427 e. The number of ether oxygens (including phenoxy) is 2. The van der Waals surface area contributed by atoms with E-state index < -0.39 is 74.9 Å². The minimum absolute atomic E-state index is 0.0968. The van der Waals surface area contributed by atoms with Crippen molar-refractivity contribution in [2.24, 2.45) is 5.92 Å². The number of nitrogens with one attached hydrogen (secondary N) is 1. The van der Waals surface area contributed by atoms with Gasteiger partial charge < -0.3 is 14.6 Å². The first kappa shape index (κ1) is 32.8. The molecule has 42 heavy (non-hydrogen) atoms. The van der Waals surface area contributed by atoms with Gasteiger partial charge in [-0.05, 0) is 63.1 Å². The minimum atomic E-state index is -5.24. The molecule has 232 valence electrons. The summed E-state index contributed by atoms with van der Waals surface area (Å²) in [7, 11) is -4.92. The van der Waals surface area contributed by atoms with E-state index in [1.165, 1.54) is 0 Å². The maximum Gasteiger partial charge on any atom is 0.427 e. The maximum atomic E-state index is 13.9. The number of alkyl halides is 6. The Balaban J connectivity index is 2.06. The van der Waals surface area contributed by atoms with Crippen molar-refractivity contribution in [3.05, 3.63) is 47.8 Å². The fourth-order valence-electron chi connectivity index (χ4n) is 3.94. The zero-order chi connectivity index (χ0) is 31.8. The van der Waals surface area contributed by atoms with Gasteiger partial charge in [0.25, 0.3) is 10.0 Å². The van der Waals surface area contributed by atoms with Crippen molar-refractivity contribution < 1.29 is 63.3 Å². The molecule has 17 heteroatoms. The van der Waals surface area contributed by atoms with Crippen molar-refractivity contribution in [2.75, 3.05) is 16.2 Å². The van der Waals surface area contributed by atoms with Crippen molar-refractivity contribution >= 4 is 33.5 Å². The number of fused-ring (bicyclic) bond motifs is 1. The number of halogens is 7. The summed E-state index contributed by atoms with van der Waals surface area (Å²) in [5, 5.41) is 11.5. The number of hydrogen-bond donors (Lipinski definition) is 2. The van der Waals surface area contributed by atoms with Gasteiger partial charge in [0.1, 0.15) is 17.7 Å². The molecule has 1 heterocycles. The summed E-state index contributed by atoms with van der Waals surface area (Å²) in [6, 6.07) is 4.24. The number of carbonyl (C=O) groups is 2. The largest absolute Gasteiger partial charge is 0.486 e. The van der Waals surface area contributed by atoms with Crippen molar-refractivity contribution in [3.8, 4) is 5.75 Å². The van der Waals surface area contributed by atoms with Crippen LogP contribution in [-0.4, -0.2) is 50.0 Å². The third kappa shape index (κ3) is 6.99. The van der Waals surface area contributed by atoms with E-state index >= 15 is 0 Å². The van der Waals surface area contributed by atoms with E-state index in [9.17, 15) is 53.8 Å². The number of carboxylic acid groups (broad SMARTS) is 1. The number of sulfonamides is 1. The second-order valence-corrected chi connectivity index (χ2v) is 11.7. The number of hydrogen-bond acceptors (Lipinski definition) is 6. The van der Waals surface area contributed by atoms with E-state index in [0.717, 1.165) is 18.2 Å². The summed E-state index contributed by atoms with van der Waals surface area (Å²) in [6.07, 6.45) is -12.9. The molecule has 0 radical (unpaired) electrons. The van der Waals surface area contributed by atoms with Gasteiger partial charge in [0, 0.05) is 5.69 Å². The Morgan fingerprint density at radius 1 is 1.12 bits per heavy atom. The Morgan fingerprint density at radius 3 is 2.31 bits per heavy atom. The lowest BCUT2D eigenvalue weighted by Crippen LogP contribution is -2.45. The van der Waals surface area contributed by atoms with Gasteiger partial charge in [0.2, 0.25) is 5.60 Å². The second kappa shape index (κ2) is 11.5. The van der Waals surface area contributed by atoms with Gasteiger partial charge >= 0.3 is 24.4 Å². The van der Waals surface area contributed by atoms with Gasteiger partial charge in [0.15, 0.2) is 0 Å². The first-order chi connectivity index (χ1) is 19.2. The fraction of sp³-hybridized carbons (Fsp3) is 0.440. The van der Waals surface area contributed by atoms with Crippen LogP contribution in [0, 0.1) is 11.7 Å². The first-order valence-electron chi connectivity index (χ1n) is 12.2. The van der Waals surface area contributed by atoms with Gasteiger partial charge in [-0.1, -0.05) is 6.92 Å². The molecule has 0 aromatic heterocycles. The molecule has 3 rings (SSSR count). The molecule has 9 nitrogen and oxygen atoms in total. The number of nitrogens with zero attached hydrogens (tertiary/aromatic N) is 1. The number of aliphatic carboxylic acids is 1. The van der Waals surface area contributed by atoms with Gasteiger partial charge in [-0.2, -0.15) is 26.3 Å². The molecule has 0 bridgehead atoms. The number of rotatable bonds is 8. The molecular formula is C25H25F7N2O7S. The van der Waals surface area contributed by atoms with E-state index in [0.29, 0.717) is 30.3 Å². The van der Waals surface area contributed by atoms with E-state index in [1.54, 1.807) is 6.92 Å². The molecular weight excluding hydrogens is 605 g/mol. The number of benzene rings is 2. The lowest BCUT2D eigenvalue weighted by atomic mass is 9.98. The molecule has 0 spiro atoms. The highest BCUT2D eigenvalue weighted by atomic mass is 32.2. The number of carboxylic acids is 1. The average molecular weight is 631 g/mol. The highest BCUT2D eigenvalue weighted by Gasteiger charge is 2.51. The Morgan fingerprint density at radius 2 is 1.76 bits per heavy atom.